The summed E-state index contributed by atoms with van der Waals surface area (Å²) < 4.78 is 14.0. The number of aliphatic hydroxyl groups excluding tert-OH is 3. The van der Waals surface area contributed by atoms with E-state index in [1.807, 2.05) is 0 Å². The summed E-state index contributed by atoms with van der Waals surface area (Å²) in [5.41, 5.74) is -2.44. The van der Waals surface area contributed by atoms with Crippen LogP contribution in [0.5, 0.6) is 0 Å². The van der Waals surface area contributed by atoms with Crippen molar-refractivity contribution in [1.29, 1.82) is 0 Å². The minimum atomic E-state index is -1.78. The van der Waals surface area contributed by atoms with Gasteiger partial charge in [-0.1, -0.05) is 6.07 Å². The molecule has 1 atom stereocenters. The Labute approximate surface area is 153 Å². The van der Waals surface area contributed by atoms with Crippen molar-refractivity contribution in [3.8, 4) is 0 Å². The van der Waals surface area contributed by atoms with Crippen LogP contribution < -0.4 is 10.9 Å². The summed E-state index contributed by atoms with van der Waals surface area (Å²) in [6.45, 7) is -2.40. The molecule has 1 aromatic heterocycles. The molecule has 9 heteroatoms. The summed E-state index contributed by atoms with van der Waals surface area (Å²) in [5.74, 6) is -2.40. The molecule has 4 N–H and O–H groups in total. The summed E-state index contributed by atoms with van der Waals surface area (Å²) in [5, 5.41) is 30.4. The minimum absolute atomic E-state index is 0.0186. The molecule has 1 heterocycles. The predicted molar refractivity (Wildman–Crippen MR) is 92.6 cm³/mol. The topological polar surface area (TPSA) is 129 Å². The quantitative estimate of drug-likeness (QED) is 0.353. The van der Waals surface area contributed by atoms with Gasteiger partial charge in [0.25, 0.3) is 11.5 Å². The monoisotopic (exact) mass is 378 g/mol. The first-order valence-corrected chi connectivity index (χ1v) is 7.99. The number of pyridine rings is 1. The van der Waals surface area contributed by atoms with E-state index in [1.165, 1.54) is 30.5 Å². The maximum Gasteiger partial charge on any atom is 0.251 e. The molecule has 0 aliphatic heterocycles. The van der Waals surface area contributed by atoms with Gasteiger partial charge >= 0.3 is 0 Å². The average molecular weight is 378 g/mol. The van der Waals surface area contributed by atoms with E-state index in [0.717, 1.165) is 22.8 Å². The summed E-state index contributed by atoms with van der Waals surface area (Å²) >= 11 is 0. The molecule has 0 fully saturated rings. The van der Waals surface area contributed by atoms with Crippen molar-refractivity contribution in [3.05, 3.63) is 70.4 Å². The molecule has 0 spiro atoms. The first kappa shape index (κ1) is 20.4. The van der Waals surface area contributed by atoms with Crippen LogP contribution in [0.2, 0.25) is 0 Å². The van der Waals surface area contributed by atoms with Crippen LogP contribution >= 0.6 is 0 Å². The molecule has 8 nitrogen and oxygen atoms in total. The highest BCUT2D eigenvalue weighted by molar-refractivity contribution is 6.12. The second kappa shape index (κ2) is 8.67. The summed E-state index contributed by atoms with van der Waals surface area (Å²) in [6, 6.07) is 6.74. The SMILES string of the molecule is O=C(NC(CO)(CO)CO)C(C(=O)c1ccc(F)cc1)n1ccccc1=O. The Morgan fingerprint density at radius 2 is 1.63 bits per heavy atom. The van der Waals surface area contributed by atoms with Gasteiger partial charge in [0.15, 0.2) is 11.8 Å². The standard InChI is InChI=1S/C18H19FN2O6/c19-13-6-4-12(5-7-13)16(26)15(21-8-2-1-3-14(21)25)17(27)20-18(9-22,10-23)11-24/h1-8,15,22-24H,9-11H2,(H,20,27). The van der Waals surface area contributed by atoms with Gasteiger partial charge in [0.1, 0.15) is 11.4 Å². The fourth-order valence-electron chi connectivity index (χ4n) is 2.40. The number of benzene rings is 1. The summed E-state index contributed by atoms with van der Waals surface area (Å²) in [7, 11) is 0. The van der Waals surface area contributed by atoms with E-state index in [1.54, 1.807) is 0 Å². The molecule has 2 aromatic rings. The maximum atomic E-state index is 13.1. The Bertz CT molecular complexity index is 852. The third kappa shape index (κ3) is 4.45. The lowest BCUT2D eigenvalue weighted by Gasteiger charge is -2.30. The van der Waals surface area contributed by atoms with Crippen LogP contribution in [0.4, 0.5) is 4.39 Å². The van der Waals surface area contributed by atoms with Gasteiger partial charge in [-0.15, -0.1) is 0 Å². The number of nitrogens with one attached hydrogen (secondary N) is 1. The molecule has 2 rings (SSSR count). The first-order chi connectivity index (χ1) is 12.9. The van der Waals surface area contributed by atoms with Crippen molar-refractivity contribution in [2.24, 2.45) is 0 Å². The number of ketones is 1. The van der Waals surface area contributed by atoms with Crippen molar-refractivity contribution in [3.63, 3.8) is 0 Å². The molecule has 1 amide bonds. The molecular formula is C18H19FN2O6. The van der Waals surface area contributed by atoms with Gasteiger partial charge in [-0.2, -0.15) is 0 Å². The predicted octanol–water partition coefficient (Wildman–Crippen LogP) is -0.757. The first-order valence-electron chi connectivity index (χ1n) is 7.99. The van der Waals surface area contributed by atoms with Gasteiger partial charge in [-0.25, -0.2) is 4.39 Å². The molecule has 27 heavy (non-hydrogen) atoms. The Kier molecular flexibility index (Phi) is 6.56. The molecule has 144 valence electrons. The number of Topliss-reactive ketones (excluding diaryl/α,β-unsaturated/α-hetero) is 1. The second-order valence-electron chi connectivity index (χ2n) is 5.96. The number of rotatable bonds is 8. The zero-order valence-corrected chi connectivity index (χ0v) is 14.2. The molecule has 0 aliphatic carbocycles. The van der Waals surface area contributed by atoms with Crippen LogP contribution in [0, 0.1) is 5.82 Å². The van der Waals surface area contributed by atoms with Gasteiger partial charge < -0.3 is 20.6 Å². The highest BCUT2D eigenvalue weighted by Gasteiger charge is 2.37. The van der Waals surface area contributed by atoms with Crippen molar-refractivity contribution >= 4 is 11.7 Å². The van der Waals surface area contributed by atoms with Crippen LogP contribution in [0.15, 0.2) is 53.5 Å². The van der Waals surface area contributed by atoms with Crippen molar-refractivity contribution < 1.29 is 29.3 Å². The number of carbonyl (C=O) groups is 2. The van der Waals surface area contributed by atoms with Gasteiger partial charge in [-0.05, 0) is 30.3 Å². The van der Waals surface area contributed by atoms with Crippen molar-refractivity contribution in [1.82, 2.24) is 9.88 Å². The number of hydrogen-bond donors (Lipinski definition) is 4. The highest BCUT2D eigenvalue weighted by atomic mass is 19.1. The molecule has 1 unspecified atom stereocenters. The van der Waals surface area contributed by atoms with Gasteiger partial charge in [0.2, 0.25) is 0 Å². The zero-order chi connectivity index (χ0) is 20.0. The molecule has 0 aliphatic rings. The average Bonchev–Trinajstić information content (AvgIpc) is 2.68. The number of amides is 1. The van der Waals surface area contributed by atoms with Crippen molar-refractivity contribution in [2.45, 2.75) is 11.6 Å². The third-order valence-electron chi connectivity index (χ3n) is 4.05. The Morgan fingerprint density at radius 1 is 1.04 bits per heavy atom. The van der Waals surface area contributed by atoms with E-state index in [-0.39, 0.29) is 5.56 Å². The number of aromatic nitrogens is 1. The van der Waals surface area contributed by atoms with Crippen LogP contribution in [0.3, 0.4) is 0 Å². The van der Waals surface area contributed by atoms with Crippen molar-refractivity contribution in [2.75, 3.05) is 19.8 Å². The van der Waals surface area contributed by atoms with Gasteiger partial charge in [0.05, 0.1) is 19.8 Å². The number of hydrogen-bond acceptors (Lipinski definition) is 6. The smallest absolute Gasteiger partial charge is 0.251 e. The molecule has 0 bridgehead atoms. The number of aliphatic hydroxyl groups is 3. The lowest BCUT2D eigenvalue weighted by molar-refractivity contribution is -0.127. The fraction of sp³-hybridized carbons (Fsp3) is 0.278. The van der Waals surface area contributed by atoms with E-state index in [0.29, 0.717) is 0 Å². The highest BCUT2D eigenvalue weighted by Crippen LogP contribution is 2.16. The summed E-state index contributed by atoms with van der Waals surface area (Å²) in [6.07, 6.45) is 1.23. The Morgan fingerprint density at radius 3 is 2.15 bits per heavy atom. The van der Waals surface area contributed by atoms with Crippen LogP contribution in [-0.4, -0.2) is 56.9 Å². The Hall–Kier alpha value is -2.88. The molecular weight excluding hydrogens is 359 g/mol. The van der Waals surface area contributed by atoms with E-state index >= 15 is 0 Å². The number of halogens is 1. The normalized spacial score (nSPS) is 12.4. The van der Waals surface area contributed by atoms with Crippen LogP contribution in [-0.2, 0) is 4.79 Å². The number of carbonyl (C=O) groups excluding carboxylic acids is 2. The van der Waals surface area contributed by atoms with E-state index in [2.05, 4.69) is 5.32 Å². The lowest BCUT2D eigenvalue weighted by atomic mass is 9.99. The Balaban J connectivity index is 2.49. The van der Waals surface area contributed by atoms with E-state index in [9.17, 15) is 34.1 Å². The maximum absolute atomic E-state index is 13.1. The second-order valence-corrected chi connectivity index (χ2v) is 5.96. The third-order valence-corrected chi connectivity index (χ3v) is 4.05. The minimum Gasteiger partial charge on any atom is -0.394 e. The number of nitrogens with zero attached hydrogens (tertiary/aromatic N) is 1. The molecule has 0 saturated carbocycles. The van der Waals surface area contributed by atoms with Crippen LogP contribution in [0.25, 0.3) is 0 Å². The van der Waals surface area contributed by atoms with E-state index < -0.39 is 54.5 Å². The molecule has 0 radical (unpaired) electrons. The van der Waals surface area contributed by atoms with Crippen LogP contribution in [0.1, 0.15) is 16.4 Å². The van der Waals surface area contributed by atoms with Gasteiger partial charge in [-0.3, -0.25) is 19.0 Å². The molecule has 1 aromatic carbocycles. The summed E-state index contributed by atoms with van der Waals surface area (Å²) in [4.78, 5) is 37.8. The van der Waals surface area contributed by atoms with E-state index in [4.69, 9.17) is 0 Å². The molecule has 0 saturated heterocycles. The zero-order valence-electron chi connectivity index (χ0n) is 14.2. The largest absolute Gasteiger partial charge is 0.394 e. The lowest BCUT2D eigenvalue weighted by Crippen LogP contribution is -2.59. The fourth-order valence-corrected chi connectivity index (χ4v) is 2.40. The van der Waals surface area contributed by atoms with Gasteiger partial charge in [0, 0.05) is 17.8 Å².